The summed E-state index contributed by atoms with van der Waals surface area (Å²) in [5, 5.41) is 11.1. The first-order valence-corrected chi connectivity index (χ1v) is 15.5. The Kier molecular flexibility index (Phi) is 14.7. The van der Waals surface area contributed by atoms with Gasteiger partial charge in [-0.25, -0.2) is 4.79 Å². The van der Waals surface area contributed by atoms with Crippen LogP contribution in [-0.4, -0.2) is 55.4 Å². The van der Waals surface area contributed by atoms with E-state index in [2.05, 4.69) is 19.1 Å². The van der Waals surface area contributed by atoms with E-state index in [1.54, 1.807) is 12.1 Å². The van der Waals surface area contributed by atoms with E-state index in [4.69, 9.17) is 18.9 Å². The minimum atomic E-state index is -0.542. The van der Waals surface area contributed by atoms with Crippen LogP contribution in [0, 0.1) is 11.8 Å². The van der Waals surface area contributed by atoms with Gasteiger partial charge < -0.3 is 24.1 Å². The van der Waals surface area contributed by atoms with Crippen molar-refractivity contribution in [3.8, 4) is 0 Å². The Morgan fingerprint density at radius 2 is 1.88 bits per heavy atom. The van der Waals surface area contributed by atoms with Crippen molar-refractivity contribution < 1.29 is 33.6 Å². The summed E-state index contributed by atoms with van der Waals surface area (Å²) < 4.78 is 23.0. The van der Waals surface area contributed by atoms with Crippen LogP contribution in [0.3, 0.4) is 0 Å². The van der Waals surface area contributed by atoms with Crippen LogP contribution in [0.2, 0.25) is 0 Å². The van der Waals surface area contributed by atoms with Crippen molar-refractivity contribution in [3.63, 3.8) is 0 Å². The zero-order valence-corrected chi connectivity index (χ0v) is 24.5. The molecule has 224 valence electrons. The zero-order valence-electron chi connectivity index (χ0n) is 24.5. The van der Waals surface area contributed by atoms with E-state index < -0.39 is 12.2 Å². The number of ether oxygens (including phenoxy) is 4. The summed E-state index contributed by atoms with van der Waals surface area (Å²) in [7, 11) is 1.42. The summed E-state index contributed by atoms with van der Waals surface area (Å²) in [6.45, 7) is 2.94. The smallest absolute Gasteiger partial charge is 0.338 e. The van der Waals surface area contributed by atoms with Crippen molar-refractivity contribution in [1.82, 2.24) is 0 Å². The molecule has 2 aliphatic rings. The van der Waals surface area contributed by atoms with Crippen LogP contribution in [-0.2, 0) is 23.7 Å². The molecule has 1 aromatic carbocycles. The third-order valence-electron chi connectivity index (χ3n) is 8.16. The van der Waals surface area contributed by atoms with Crippen molar-refractivity contribution in [3.05, 3.63) is 48.0 Å². The van der Waals surface area contributed by atoms with E-state index in [0.717, 1.165) is 83.7 Å². The van der Waals surface area contributed by atoms with Crippen molar-refractivity contribution in [1.29, 1.82) is 0 Å². The highest BCUT2D eigenvalue weighted by atomic mass is 16.7. The van der Waals surface area contributed by atoms with Crippen molar-refractivity contribution in [2.75, 3.05) is 13.7 Å². The normalized spacial score (nSPS) is 25.6. The molecule has 6 atom stereocenters. The molecule has 7 nitrogen and oxygen atoms in total. The molecular formula is C33H50O7. The number of unbranched alkanes of at least 4 members (excludes halogenated alkanes) is 5. The van der Waals surface area contributed by atoms with Gasteiger partial charge >= 0.3 is 11.9 Å². The minimum Gasteiger partial charge on any atom is -0.469 e. The molecule has 1 aliphatic carbocycles. The van der Waals surface area contributed by atoms with Gasteiger partial charge in [0.1, 0.15) is 6.10 Å². The fourth-order valence-electron chi connectivity index (χ4n) is 5.84. The lowest BCUT2D eigenvalue weighted by molar-refractivity contribution is -0.179. The molecule has 1 aromatic rings. The second-order valence-corrected chi connectivity index (χ2v) is 11.2. The lowest BCUT2D eigenvalue weighted by atomic mass is 9.87. The number of hydrogen-bond acceptors (Lipinski definition) is 7. The van der Waals surface area contributed by atoms with Crippen LogP contribution >= 0.6 is 0 Å². The second kappa shape index (κ2) is 18.3. The zero-order chi connectivity index (χ0) is 28.6. The Bertz CT molecular complexity index is 880. The summed E-state index contributed by atoms with van der Waals surface area (Å²) in [5.74, 6) is -0.630. The summed E-state index contributed by atoms with van der Waals surface area (Å²) in [5.41, 5.74) is 0.518. The number of aliphatic hydroxyl groups is 1. The summed E-state index contributed by atoms with van der Waals surface area (Å²) in [4.78, 5) is 24.3. The van der Waals surface area contributed by atoms with E-state index in [0.29, 0.717) is 18.4 Å². The van der Waals surface area contributed by atoms with E-state index >= 15 is 0 Å². The van der Waals surface area contributed by atoms with Gasteiger partial charge in [0.2, 0.25) is 0 Å². The molecule has 0 radical (unpaired) electrons. The first-order valence-electron chi connectivity index (χ1n) is 15.5. The molecule has 3 rings (SSSR count). The lowest BCUT2D eigenvalue weighted by Crippen LogP contribution is -2.28. The molecule has 1 aliphatic heterocycles. The number of aliphatic hydroxyl groups excluding tert-OH is 1. The second-order valence-electron chi connectivity index (χ2n) is 11.2. The minimum absolute atomic E-state index is 0.00680. The largest absolute Gasteiger partial charge is 0.469 e. The first kappa shape index (κ1) is 32.3. The van der Waals surface area contributed by atoms with Gasteiger partial charge in [-0.15, -0.1) is 0 Å². The average Bonchev–Trinajstić information content (AvgIpc) is 3.27. The van der Waals surface area contributed by atoms with Crippen molar-refractivity contribution >= 4 is 11.9 Å². The Labute approximate surface area is 240 Å². The van der Waals surface area contributed by atoms with Crippen molar-refractivity contribution in [2.45, 2.75) is 121 Å². The number of hydrogen-bond donors (Lipinski definition) is 1. The molecule has 7 heteroatoms. The van der Waals surface area contributed by atoms with Gasteiger partial charge in [-0.2, -0.15) is 0 Å². The predicted octanol–water partition coefficient (Wildman–Crippen LogP) is 6.77. The molecular weight excluding hydrogens is 508 g/mol. The van der Waals surface area contributed by atoms with E-state index in [1.807, 2.05) is 18.2 Å². The van der Waals surface area contributed by atoms with Gasteiger partial charge in [-0.1, -0.05) is 75.8 Å². The Morgan fingerprint density at radius 3 is 2.60 bits per heavy atom. The molecule has 0 bridgehead atoms. The van der Waals surface area contributed by atoms with Crippen LogP contribution in [0.1, 0.15) is 107 Å². The third kappa shape index (κ3) is 11.0. The van der Waals surface area contributed by atoms with E-state index in [9.17, 15) is 14.7 Å². The Morgan fingerprint density at radius 1 is 1.07 bits per heavy atom. The Hall–Kier alpha value is -2.22. The standard InChI is InChI=1S/C33H50O7/c1-3-4-8-17-26(39-32-20-13-14-23-38-32)21-22-28-27(18-11-5-6-12-19-31(35)37-2)29(34)24-30(28)40-33(36)25-15-9-7-10-16-25/h7,9-10,15-16,21-22,26-30,32,34H,3-6,8,11-14,17-20,23-24H2,1-2H3/b22-21+/t26-,27+,28+,29-,30+,32?/m0/s1. The topological polar surface area (TPSA) is 91.3 Å². The highest BCUT2D eigenvalue weighted by Gasteiger charge is 2.43. The SMILES string of the molecule is CCCCC[C@@H](/C=C/[C@@H]1[C@@H](CCCCCCC(=O)OC)[C@@H](O)C[C@H]1OC(=O)c1ccccc1)OC1CCCCO1. The molecule has 2 fully saturated rings. The molecule has 1 unspecified atom stereocenters. The molecule has 1 saturated heterocycles. The van der Waals surface area contributed by atoms with Crippen LogP contribution in [0.5, 0.6) is 0 Å². The number of carbonyl (C=O) groups excluding carboxylic acids is 2. The van der Waals surface area contributed by atoms with Gasteiger partial charge in [0.15, 0.2) is 6.29 Å². The first-order chi connectivity index (χ1) is 19.5. The van der Waals surface area contributed by atoms with E-state index in [-0.39, 0.29) is 36.2 Å². The summed E-state index contributed by atoms with van der Waals surface area (Å²) >= 11 is 0. The fourth-order valence-corrected chi connectivity index (χ4v) is 5.84. The summed E-state index contributed by atoms with van der Waals surface area (Å²) in [6, 6.07) is 9.04. The average molecular weight is 559 g/mol. The van der Waals surface area contributed by atoms with Gasteiger partial charge in [-0.05, 0) is 56.6 Å². The van der Waals surface area contributed by atoms with Crippen LogP contribution in [0.4, 0.5) is 0 Å². The van der Waals surface area contributed by atoms with Crippen molar-refractivity contribution in [2.24, 2.45) is 11.8 Å². The molecule has 0 amide bonds. The Balaban J connectivity index is 1.68. The highest BCUT2D eigenvalue weighted by Crippen LogP contribution is 2.39. The number of methoxy groups -OCH3 is 1. The number of rotatable bonds is 17. The fraction of sp³-hybridized carbons (Fsp3) is 0.697. The maximum absolute atomic E-state index is 12.9. The molecule has 0 spiro atoms. The van der Waals surface area contributed by atoms with Gasteiger partial charge in [0.25, 0.3) is 0 Å². The maximum atomic E-state index is 12.9. The lowest BCUT2D eigenvalue weighted by Gasteiger charge is -2.27. The maximum Gasteiger partial charge on any atom is 0.338 e. The molecule has 0 aromatic heterocycles. The van der Waals surface area contributed by atoms with Gasteiger partial charge in [0, 0.05) is 25.4 Å². The monoisotopic (exact) mass is 558 g/mol. The molecule has 1 saturated carbocycles. The van der Waals surface area contributed by atoms with Gasteiger partial charge in [-0.3, -0.25) is 4.79 Å². The molecule has 1 heterocycles. The predicted molar refractivity (Wildman–Crippen MR) is 155 cm³/mol. The number of carbonyl (C=O) groups is 2. The third-order valence-corrected chi connectivity index (χ3v) is 8.16. The van der Waals surface area contributed by atoms with Crippen LogP contribution < -0.4 is 0 Å². The molecule has 1 N–H and O–H groups in total. The number of benzene rings is 1. The highest BCUT2D eigenvalue weighted by molar-refractivity contribution is 5.89. The van der Waals surface area contributed by atoms with Crippen LogP contribution in [0.15, 0.2) is 42.5 Å². The number of esters is 2. The van der Waals surface area contributed by atoms with E-state index in [1.165, 1.54) is 7.11 Å². The molecule has 40 heavy (non-hydrogen) atoms. The van der Waals surface area contributed by atoms with Crippen LogP contribution in [0.25, 0.3) is 0 Å². The van der Waals surface area contributed by atoms with Gasteiger partial charge in [0.05, 0.1) is 24.9 Å². The summed E-state index contributed by atoms with van der Waals surface area (Å²) in [6.07, 6.45) is 15.8. The quantitative estimate of drug-likeness (QED) is 0.128.